The molecule has 0 aliphatic carbocycles. The summed E-state index contributed by atoms with van der Waals surface area (Å²) in [7, 11) is 4.21. The van der Waals surface area contributed by atoms with Gasteiger partial charge in [0.1, 0.15) is 6.23 Å². The molecule has 0 aromatic rings. The van der Waals surface area contributed by atoms with Crippen LogP contribution >= 0.6 is 0 Å². The highest BCUT2D eigenvalue weighted by atomic mass is 16.6. The molecule has 1 fully saturated rings. The third-order valence-electron chi connectivity index (χ3n) is 4.91. The van der Waals surface area contributed by atoms with Crippen molar-refractivity contribution in [1.29, 1.82) is 0 Å². The van der Waals surface area contributed by atoms with Gasteiger partial charge in [0.05, 0.1) is 6.10 Å². The second kappa shape index (κ2) is 13.4. The van der Waals surface area contributed by atoms with Crippen LogP contribution in [0.25, 0.3) is 0 Å². The van der Waals surface area contributed by atoms with E-state index in [9.17, 15) is 0 Å². The lowest BCUT2D eigenvalue weighted by atomic mass is 10.0. The average molecular weight is 312 g/mol. The molecule has 1 saturated heterocycles. The SMILES string of the molecule is CCCCCCCCCCCCCCCCC1OC1N(C)C. The van der Waals surface area contributed by atoms with Crippen molar-refractivity contribution in [1.82, 2.24) is 4.90 Å². The van der Waals surface area contributed by atoms with Gasteiger partial charge < -0.3 is 4.74 Å². The van der Waals surface area contributed by atoms with E-state index >= 15 is 0 Å². The highest BCUT2D eigenvalue weighted by Gasteiger charge is 2.39. The van der Waals surface area contributed by atoms with Crippen LogP contribution in [0.15, 0.2) is 0 Å². The molecular formula is C20H41NO. The second-order valence-electron chi connectivity index (χ2n) is 7.41. The molecule has 0 amide bonds. The molecule has 1 aliphatic heterocycles. The Morgan fingerprint density at radius 2 is 1.05 bits per heavy atom. The lowest BCUT2D eigenvalue weighted by molar-refractivity contribution is 0.243. The maximum atomic E-state index is 5.62. The summed E-state index contributed by atoms with van der Waals surface area (Å²) in [6.45, 7) is 2.29. The van der Waals surface area contributed by atoms with Crippen molar-refractivity contribution in [3.63, 3.8) is 0 Å². The molecule has 2 heteroatoms. The minimum absolute atomic E-state index is 0.418. The van der Waals surface area contributed by atoms with Gasteiger partial charge in [0.2, 0.25) is 0 Å². The lowest BCUT2D eigenvalue weighted by Crippen LogP contribution is -2.17. The topological polar surface area (TPSA) is 15.8 Å². The van der Waals surface area contributed by atoms with Crippen molar-refractivity contribution in [3.8, 4) is 0 Å². The quantitative estimate of drug-likeness (QED) is 0.251. The monoisotopic (exact) mass is 311 g/mol. The minimum Gasteiger partial charge on any atom is -0.353 e. The molecule has 2 unspecified atom stereocenters. The Morgan fingerprint density at radius 1 is 0.636 bits per heavy atom. The summed E-state index contributed by atoms with van der Waals surface area (Å²) in [6, 6.07) is 0. The van der Waals surface area contributed by atoms with Gasteiger partial charge in [-0.15, -0.1) is 0 Å². The van der Waals surface area contributed by atoms with E-state index in [2.05, 4.69) is 25.9 Å². The minimum atomic E-state index is 0.418. The van der Waals surface area contributed by atoms with Crippen LogP contribution < -0.4 is 0 Å². The van der Waals surface area contributed by atoms with Crippen molar-refractivity contribution in [3.05, 3.63) is 0 Å². The molecule has 22 heavy (non-hydrogen) atoms. The highest BCUT2D eigenvalue weighted by molar-refractivity contribution is 4.81. The van der Waals surface area contributed by atoms with Gasteiger partial charge in [0.25, 0.3) is 0 Å². The first-order valence-corrected chi connectivity index (χ1v) is 10.1. The number of nitrogens with zero attached hydrogens (tertiary/aromatic N) is 1. The molecule has 1 heterocycles. The fraction of sp³-hybridized carbons (Fsp3) is 1.00. The van der Waals surface area contributed by atoms with Crippen LogP contribution in [0.1, 0.15) is 103 Å². The number of rotatable bonds is 16. The summed E-state index contributed by atoms with van der Waals surface area (Å²) in [5, 5.41) is 0. The molecule has 0 spiro atoms. The van der Waals surface area contributed by atoms with Gasteiger partial charge >= 0.3 is 0 Å². The highest BCUT2D eigenvalue weighted by Crippen LogP contribution is 2.28. The molecule has 0 N–H and O–H groups in total. The zero-order valence-electron chi connectivity index (χ0n) is 15.6. The Bertz CT molecular complexity index is 242. The third-order valence-corrected chi connectivity index (χ3v) is 4.91. The van der Waals surface area contributed by atoms with Crippen LogP contribution in [-0.4, -0.2) is 31.3 Å². The molecule has 1 aliphatic rings. The predicted molar refractivity (Wildman–Crippen MR) is 97.3 cm³/mol. The Morgan fingerprint density at radius 3 is 1.41 bits per heavy atom. The molecule has 0 bridgehead atoms. The summed E-state index contributed by atoms with van der Waals surface area (Å²) >= 11 is 0. The number of epoxide rings is 1. The molecule has 2 atom stereocenters. The zero-order valence-corrected chi connectivity index (χ0v) is 15.6. The Balaban J connectivity index is 1.67. The van der Waals surface area contributed by atoms with Gasteiger partial charge in [0, 0.05) is 0 Å². The molecule has 0 saturated carbocycles. The molecule has 0 aromatic carbocycles. The van der Waals surface area contributed by atoms with E-state index in [0.29, 0.717) is 12.3 Å². The van der Waals surface area contributed by atoms with E-state index < -0.39 is 0 Å². The van der Waals surface area contributed by atoms with Crippen LogP contribution in [-0.2, 0) is 4.74 Å². The van der Waals surface area contributed by atoms with Crippen LogP contribution in [0.4, 0.5) is 0 Å². The Labute approximate surface area is 140 Å². The summed E-state index contributed by atoms with van der Waals surface area (Å²) in [4.78, 5) is 2.19. The summed E-state index contributed by atoms with van der Waals surface area (Å²) in [5.41, 5.74) is 0. The predicted octanol–water partition coefficient (Wildman–Crippen LogP) is 6.14. The zero-order chi connectivity index (χ0) is 16.0. The van der Waals surface area contributed by atoms with Gasteiger partial charge in [-0.25, -0.2) is 0 Å². The van der Waals surface area contributed by atoms with Crippen LogP contribution in [0.2, 0.25) is 0 Å². The van der Waals surface area contributed by atoms with Gasteiger partial charge in [-0.3, -0.25) is 4.90 Å². The molecule has 1 rings (SSSR count). The van der Waals surface area contributed by atoms with Crippen molar-refractivity contribution < 1.29 is 4.74 Å². The number of hydrogen-bond acceptors (Lipinski definition) is 2. The van der Waals surface area contributed by atoms with Crippen LogP contribution in [0.3, 0.4) is 0 Å². The van der Waals surface area contributed by atoms with E-state index in [0.717, 1.165) is 0 Å². The first-order valence-electron chi connectivity index (χ1n) is 10.1. The first kappa shape index (κ1) is 20.0. The maximum Gasteiger partial charge on any atom is 0.137 e. The van der Waals surface area contributed by atoms with E-state index in [1.165, 1.54) is 96.3 Å². The van der Waals surface area contributed by atoms with E-state index in [-0.39, 0.29) is 0 Å². The molecule has 2 nitrogen and oxygen atoms in total. The molecule has 0 radical (unpaired) electrons. The normalized spacial score (nSPS) is 20.7. The Hall–Kier alpha value is -0.0800. The van der Waals surface area contributed by atoms with Gasteiger partial charge in [-0.05, 0) is 20.5 Å². The van der Waals surface area contributed by atoms with E-state index in [4.69, 9.17) is 4.74 Å². The Kier molecular flexibility index (Phi) is 12.1. The van der Waals surface area contributed by atoms with Crippen LogP contribution in [0, 0.1) is 0 Å². The first-order chi connectivity index (χ1) is 10.8. The number of ether oxygens (including phenoxy) is 1. The van der Waals surface area contributed by atoms with Gasteiger partial charge in [0.15, 0.2) is 0 Å². The average Bonchev–Trinajstić information content (AvgIpc) is 3.27. The largest absolute Gasteiger partial charge is 0.353 e. The van der Waals surface area contributed by atoms with E-state index in [1.807, 2.05) is 0 Å². The van der Waals surface area contributed by atoms with Crippen molar-refractivity contribution >= 4 is 0 Å². The number of unbranched alkanes of at least 4 members (excludes halogenated alkanes) is 13. The van der Waals surface area contributed by atoms with Crippen molar-refractivity contribution in [2.24, 2.45) is 0 Å². The van der Waals surface area contributed by atoms with E-state index in [1.54, 1.807) is 0 Å². The summed E-state index contributed by atoms with van der Waals surface area (Å²) in [6.07, 6.45) is 22.4. The lowest BCUT2D eigenvalue weighted by Gasteiger charge is -2.04. The standard InChI is InChI=1S/C20H41NO/c1-4-5-6-7-8-9-10-11-12-13-14-15-16-17-18-19-20(22-19)21(2)3/h19-20H,4-18H2,1-3H3. The maximum absolute atomic E-state index is 5.62. The molecule has 0 aromatic heterocycles. The number of hydrogen-bond donors (Lipinski definition) is 0. The summed E-state index contributed by atoms with van der Waals surface area (Å²) < 4.78 is 5.62. The third kappa shape index (κ3) is 10.6. The number of likely N-dealkylation sites (N-methyl/N-ethyl adjacent to an activating group) is 1. The van der Waals surface area contributed by atoms with Crippen LogP contribution in [0.5, 0.6) is 0 Å². The second-order valence-corrected chi connectivity index (χ2v) is 7.41. The summed E-state index contributed by atoms with van der Waals surface area (Å²) in [5.74, 6) is 0. The van der Waals surface area contributed by atoms with Crippen molar-refractivity contribution in [2.75, 3.05) is 14.1 Å². The van der Waals surface area contributed by atoms with Gasteiger partial charge in [-0.1, -0.05) is 96.8 Å². The molecule has 132 valence electrons. The smallest absolute Gasteiger partial charge is 0.137 e. The fourth-order valence-corrected chi connectivity index (χ4v) is 3.34. The van der Waals surface area contributed by atoms with Gasteiger partial charge in [-0.2, -0.15) is 0 Å². The van der Waals surface area contributed by atoms with Crippen molar-refractivity contribution in [2.45, 2.75) is 116 Å². The fourth-order valence-electron chi connectivity index (χ4n) is 3.34. The molecular weight excluding hydrogens is 270 g/mol.